The maximum atomic E-state index is 14.6. The molecule has 0 N–H and O–H groups in total. The number of fused-ring (bicyclic) bond motifs is 1. The van der Waals surface area contributed by atoms with Crippen molar-refractivity contribution in [3.05, 3.63) is 28.8 Å². The fraction of sp³-hybridized carbons (Fsp3) is 0.611. The third-order valence-corrected chi connectivity index (χ3v) is 6.59. The van der Waals surface area contributed by atoms with Crippen molar-refractivity contribution in [3.63, 3.8) is 0 Å². The van der Waals surface area contributed by atoms with Gasteiger partial charge in [-0.05, 0) is 19.8 Å². The van der Waals surface area contributed by atoms with Crippen LogP contribution < -0.4 is 0 Å². The highest BCUT2D eigenvalue weighted by molar-refractivity contribution is 7.86. The first-order valence-electron chi connectivity index (χ1n) is 8.78. The van der Waals surface area contributed by atoms with Crippen LogP contribution in [0.1, 0.15) is 52.0 Å². The molecule has 0 fully saturated rings. The summed E-state index contributed by atoms with van der Waals surface area (Å²) in [7, 11) is -2.55. The summed E-state index contributed by atoms with van der Waals surface area (Å²) in [5, 5.41) is 0. The Hall–Kier alpha value is -1.48. The summed E-state index contributed by atoms with van der Waals surface area (Å²) in [5.41, 5.74) is -0.865. The van der Waals surface area contributed by atoms with Crippen molar-refractivity contribution in [2.75, 3.05) is 19.4 Å². The Morgan fingerprint density at radius 1 is 1.04 bits per heavy atom. The van der Waals surface area contributed by atoms with Crippen molar-refractivity contribution < 1.29 is 34.7 Å². The molecule has 0 saturated heterocycles. The highest BCUT2D eigenvalue weighted by Gasteiger charge is 2.51. The van der Waals surface area contributed by atoms with E-state index in [1.807, 2.05) is 6.92 Å². The second-order valence-corrected chi connectivity index (χ2v) is 8.79. The molecule has 0 aromatic heterocycles. The van der Waals surface area contributed by atoms with Crippen LogP contribution in [0.2, 0.25) is 0 Å². The smallest absolute Gasteiger partial charge is 0.267 e. The molecule has 4 nitrogen and oxygen atoms in total. The Kier molecular flexibility index (Phi) is 6.36. The lowest BCUT2D eigenvalue weighted by Gasteiger charge is -2.21. The van der Waals surface area contributed by atoms with Gasteiger partial charge in [0, 0.05) is 13.3 Å². The number of benzene rings is 1. The maximum Gasteiger partial charge on any atom is 0.267 e. The molecule has 0 amide bonds. The number of hydrogen-bond acceptors (Lipinski definition) is 3. The fourth-order valence-electron chi connectivity index (χ4n) is 3.74. The van der Waals surface area contributed by atoms with Gasteiger partial charge in [0.1, 0.15) is 6.54 Å². The molecule has 1 aliphatic rings. The minimum atomic E-state index is -3.62. The summed E-state index contributed by atoms with van der Waals surface area (Å²) in [6.07, 6.45) is 1.62. The molecule has 1 heterocycles. The zero-order valence-corrected chi connectivity index (χ0v) is 16.7. The lowest BCUT2D eigenvalue weighted by molar-refractivity contribution is -0.442. The largest absolute Gasteiger partial charge is 0.273 e. The Bertz CT molecular complexity index is 883. The number of hydrogen-bond donors (Lipinski definition) is 0. The van der Waals surface area contributed by atoms with E-state index in [0.717, 1.165) is 7.11 Å². The van der Waals surface area contributed by atoms with Gasteiger partial charge in [0.05, 0.1) is 23.8 Å². The maximum absolute atomic E-state index is 14.6. The van der Waals surface area contributed by atoms with Gasteiger partial charge in [-0.25, -0.2) is 13.2 Å². The van der Waals surface area contributed by atoms with Gasteiger partial charge in [-0.3, -0.25) is 4.18 Å². The molecule has 27 heavy (non-hydrogen) atoms. The molecule has 152 valence electrons. The summed E-state index contributed by atoms with van der Waals surface area (Å²) in [4.78, 5) is 0. The van der Waals surface area contributed by atoms with Gasteiger partial charge >= 0.3 is 0 Å². The number of halogens is 4. The van der Waals surface area contributed by atoms with Crippen LogP contribution in [-0.2, 0) is 19.7 Å². The lowest BCUT2D eigenvalue weighted by Crippen LogP contribution is -2.31. The molecule has 0 saturated carbocycles. The second kappa shape index (κ2) is 7.87. The molecule has 1 aromatic rings. The minimum Gasteiger partial charge on any atom is -0.273 e. The normalized spacial score (nSPS) is 19.7. The van der Waals surface area contributed by atoms with Crippen molar-refractivity contribution in [2.24, 2.45) is 0 Å². The summed E-state index contributed by atoms with van der Waals surface area (Å²) in [5.74, 6) is -6.66. The van der Waals surface area contributed by atoms with Crippen molar-refractivity contribution >= 4 is 21.5 Å². The predicted octanol–water partition coefficient (Wildman–Crippen LogP) is 4.18. The SMILES string of the molecule is CCCC1(C)C(C)=[N+](CCCCS(=O)(=O)OC)c2c(F)c(F)c(F)c(F)c21. The average Bonchev–Trinajstić information content (AvgIpc) is 2.83. The van der Waals surface area contributed by atoms with E-state index in [2.05, 4.69) is 4.18 Å². The zero-order valence-electron chi connectivity index (χ0n) is 15.8. The molecule has 1 aromatic carbocycles. The molecule has 0 radical (unpaired) electrons. The average molecular weight is 410 g/mol. The van der Waals surface area contributed by atoms with E-state index in [9.17, 15) is 26.0 Å². The van der Waals surface area contributed by atoms with Crippen LogP contribution in [0.4, 0.5) is 23.2 Å². The van der Waals surface area contributed by atoms with E-state index in [-0.39, 0.29) is 30.0 Å². The van der Waals surface area contributed by atoms with Gasteiger partial charge in [-0.2, -0.15) is 17.4 Å². The van der Waals surface area contributed by atoms with Crippen molar-refractivity contribution in [3.8, 4) is 0 Å². The Morgan fingerprint density at radius 2 is 1.63 bits per heavy atom. The molecule has 1 atom stereocenters. The van der Waals surface area contributed by atoms with E-state index in [1.54, 1.807) is 13.8 Å². The van der Waals surface area contributed by atoms with E-state index in [0.29, 0.717) is 25.0 Å². The lowest BCUT2D eigenvalue weighted by atomic mass is 9.76. The first kappa shape index (κ1) is 21.8. The monoisotopic (exact) mass is 410 g/mol. The van der Waals surface area contributed by atoms with Gasteiger partial charge in [0.15, 0.2) is 17.3 Å². The third kappa shape index (κ3) is 3.76. The first-order valence-corrected chi connectivity index (χ1v) is 10.4. The molecule has 9 heteroatoms. The van der Waals surface area contributed by atoms with E-state index in [4.69, 9.17) is 0 Å². The van der Waals surface area contributed by atoms with Crippen LogP contribution in [0, 0.1) is 23.3 Å². The summed E-state index contributed by atoms with van der Waals surface area (Å²) in [6.45, 7) is 5.37. The minimum absolute atomic E-state index is 0.152. The van der Waals surface area contributed by atoms with Crippen LogP contribution in [0.5, 0.6) is 0 Å². The van der Waals surface area contributed by atoms with Crippen LogP contribution in [-0.4, -0.2) is 38.1 Å². The topological polar surface area (TPSA) is 46.4 Å². The third-order valence-electron chi connectivity index (χ3n) is 5.30. The Labute approximate surface area is 157 Å². The zero-order chi connectivity index (χ0) is 20.6. The first-order chi connectivity index (χ1) is 12.5. The summed E-state index contributed by atoms with van der Waals surface area (Å²) >= 11 is 0. The van der Waals surface area contributed by atoms with Gasteiger partial charge in [-0.1, -0.05) is 13.3 Å². The second-order valence-electron chi connectivity index (χ2n) is 6.93. The number of unbranched alkanes of at least 4 members (excludes halogenated alkanes) is 1. The predicted molar refractivity (Wildman–Crippen MR) is 94.0 cm³/mol. The van der Waals surface area contributed by atoms with Gasteiger partial charge in [0.2, 0.25) is 11.6 Å². The Morgan fingerprint density at radius 3 is 2.19 bits per heavy atom. The molecule has 0 aliphatic carbocycles. The molecule has 1 unspecified atom stereocenters. The van der Waals surface area contributed by atoms with Crippen LogP contribution in [0.3, 0.4) is 0 Å². The van der Waals surface area contributed by atoms with Gasteiger partial charge in [-0.15, -0.1) is 0 Å². The highest BCUT2D eigenvalue weighted by Crippen LogP contribution is 2.46. The summed E-state index contributed by atoms with van der Waals surface area (Å²) in [6, 6.07) is 0. The van der Waals surface area contributed by atoms with E-state index >= 15 is 0 Å². The fourth-order valence-corrected chi connectivity index (χ4v) is 4.47. The molecule has 2 rings (SSSR count). The van der Waals surface area contributed by atoms with Crippen LogP contribution in [0.15, 0.2) is 0 Å². The van der Waals surface area contributed by atoms with E-state index in [1.165, 1.54) is 4.58 Å². The molecule has 1 aliphatic heterocycles. The standard InChI is InChI=1S/C18H24F4NO3S/c1-5-8-18(3)11(2)23(9-6-7-10-27(24,25)26-4)17-12(18)13(19)14(20)15(21)16(17)22/h5-10H2,1-4H3/q+1. The molecule has 0 spiro atoms. The molecule has 0 bridgehead atoms. The van der Waals surface area contributed by atoms with Gasteiger partial charge in [0.25, 0.3) is 15.8 Å². The van der Waals surface area contributed by atoms with Crippen LogP contribution >= 0.6 is 0 Å². The molecular weight excluding hydrogens is 386 g/mol. The van der Waals surface area contributed by atoms with Crippen LogP contribution in [0.25, 0.3) is 0 Å². The van der Waals surface area contributed by atoms with Crippen molar-refractivity contribution in [1.29, 1.82) is 0 Å². The summed E-state index contributed by atoms with van der Waals surface area (Å²) < 4.78 is 85.4. The van der Waals surface area contributed by atoms with Crippen molar-refractivity contribution in [1.82, 2.24) is 0 Å². The quantitative estimate of drug-likeness (QED) is 0.161. The highest BCUT2D eigenvalue weighted by atomic mass is 32.2. The molecular formula is C18H24F4NO3S+. The number of rotatable bonds is 8. The number of nitrogens with zero attached hydrogens (tertiary/aromatic N) is 1. The van der Waals surface area contributed by atoms with E-state index < -0.39 is 38.8 Å². The van der Waals surface area contributed by atoms with Gasteiger partial charge < -0.3 is 0 Å². The van der Waals surface area contributed by atoms with Crippen molar-refractivity contribution in [2.45, 2.75) is 51.9 Å². The Balaban J connectivity index is 2.45.